The molecule has 3 rings (SSSR count). The maximum absolute atomic E-state index is 5.77. The highest BCUT2D eigenvalue weighted by Crippen LogP contribution is 2.23. The van der Waals surface area contributed by atoms with Crippen LogP contribution in [-0.2, 0) is 0 Å². The first-order valence-electron chi connectivity index (χ1n) is 8.42. The second-order valence-electron chi connectivity index (χ2n) is 6.61. The van der Waals surface area contributed by atoms with E-state index in [2.05, 4.69) is 25.3 Å². The van der Waals surface area contributed by atoms with Crippen LogP contribution in [0.3, 0.4) is 0 Å². The quantitative estimate of drug-likeness (QED) is 0.707. The van der Waals surface area contributed by atoms with Gasteiger partial charge in [0.1, 0.15) is 11.6 Å². The van der Waals surface area contributed by atoms with Crippen LogP contribution >= 0.6 is 0 Å². The smallest absolute Gasteiger partial charge is 0.225 e. The molecule has 0 saturated carbocycles. The van der Waals surface area contributed by atoms with E-state index in [0.29, 0.717) is 18.3 Å². The molecular formula is C19H23N7. The zero-order valence-corrected chi connectivity index (χ0v) is 15.2. The van der Waals surface area contributed by atoms with Gasteiger partial charge in [0.15, 0.2) is 5.82 Å². The van der Waals surface area contributed by atoms with Crippen LogP contribution in [0.4, 0.5) is 17.6 Å². The molecule has 0 aliphatic rings. The molecule has 0 aliphatic carbocycles. The summed E-state index contributed by atoms with van der Waals surface area (Å²) in [6.07, 6.45) is 3.46. The number of anilines is 3. The fourth-order valence-electron chi connectivity index (χ4n) is 2.33. The summed E-state index contributed by atoms with van der Waals surface area (Å²) in [5.74, 6) is 2.68. The fraction of sp³-hybridized carbons (Fsp3) is 0.263. The van der Waals surface area contributed by atoms with E-state index in [9.17, 15) is 0 Å². The number of hydrogen-bond acceptors (Lipinski definition) is 7. The van der Waals surface area contributed by atoms with Crippen LogP contribution in [0.25, 0.3) is 11.4 Å². The van der Waals surface area contributed by atoms with Gasteiger partial charge in [-0.2, -0.15) is 4.98 Å². The number of hydrogen-bond donors (Lipinski definition) is 2. The van der Waals surface area contributed by atoms with E-state index in [1.807, 2.05) is 68.3 Å². The average molecular weight is 349 g/mol. The van der Waals surface area contributed by atoms with Gasteiger partial charge in [-0.1, -0.05) is 30.3 Å². The SMILES string of the molecule is CN(c1ccnc(NC(C)(C)CN)n1)c1ccnc(-c2ccccc2)n1. The summed E-state index contributed by atoms with van der Waals surface area (Å²) in [7, 11) is 1.91. The predicted molar refractivity (Wildman–Crippen MR) is 104 cm³/mol. The molecule has 2 heterocycles. The van der Waals surface area contributed by atoms with Crippen molar-refractivity contribution in [3.8, 4) is 11.4 Å². The van der Waals surface area contributed by atoms with Crippen molar-refractivity contribution < 1.29 is 0 Å². The third-order valence-corrected chi connectivity index (χ3v) is 3.96. The zero-order chi connectivity index (χ0) is 18.6. The highest BCUT2D eigenvalue weighted by molar-refractivity contribution is 5.61. The third-order valence-electron chi connectivity index (χ3n) is 3.96. The molecule has 0 atom stereocenters. The monoisotopic (exact) mass is 349 g/mol. The van der Waals surface area contributed by atoms with Crippen molar-refractivity contribution in [2.24, 2.45) is 5.73 Å². The van der Waals surface area contributed by atoms with Crippen LogP contribution in [0.15, 0.2) is 54.9 Å². The Hall–Kier alpha value is -3.06. The molecule has 0 spiro atoms. The minimum atomic E-state index is -0.285. The Bertz CT molecular complexity index is 865. The van der Waals surface area contributed by atoms with Gasteiger partial charge < -0.3 is 16.0 Å². The van der Waals surface area contributed by atoms with E-state index in [0.717, 1.165) is 17.2 Å². The Morgan fingerprint density at radius 1 is 0.962 bits per heavy atom. The fourth-order valence-corrected chi connectivity index (χ4v) is 2.33. The largest absolute Gasteiger partial charge is 0.348 e. The second kappa shape index (κ2) is 7.45. The molecule has 0 unspecified atom stereocenters. The first-order valence-corrected chi connectivity index (χ1v) is 8.42. The number of benzene rings is 1. The summed E-state index contributed by atoms with van der Waals surface area (Å²) >= 11 is 0. The van der Waals surface area contributed by atoms with Crippen molar-refractivity contribution in [1.29, 1.82) is 0 Å². The number of rotatable bonds is 6. The summed E-state index contributed by atoms with van der Waals surface area (Å²) in [6.45, 7) is 4.48. The molecule has 0 radical (unpaired) electrons. The van der Waals surface area contributed by atoms with Crippen LogP contribution in [0.5, 0.6) is 0 Å². The van der Waals surface area contributed by atoms with Gasteiger partial charge in [0, 0.05) is 37.1 Å². The highest BCUT2D eigenvalue weighted by atomic mass is 15.3. The lowest BCUT2D eigenvalue weighted by Crippen LogP contribution is -2.39. The van der Waals surface area contributed by atoms with Crippen molar-refractivity contribution in [2.75, 3.05) is 23.8 Å². The van der Waals surface area contributed by atoms with Crippen LogP contribution < -0.4 is 16.0 Å². The van der Waals surface area contributed by atoms with Crippen LogP contribution in [0.2, 0.25) is 0 Å². The number of aromatic nitrogens is 4. The third kappa shape index (κ3) is 4.12. The molecule has 0 aliphatic heterocycles. The predicted octanol–water partition coefficient (Wildman–Crippen LogP) is 2.85. The lowest BCUT2D eigenvalue weighted by Gasteiger charge is -2.25. The van der Waals surface area contributed by atoms with Gasteiger partial charge in [0.05, 0.1) is 0 Å². The molecule has 3 aromatic rings. The van der Waals surface area contributed by atoms with Crippen molar-refractivity contribution in [3.05, 3.63) is 54.9 Å². The van der Waals surface area contributed by atoms with E-state index >= 15 is 0 Å². The summed E-state index contributed by atoms with van der Waals surface area (Å²) in [4.78, 5) is 19.8. The molecule has 0 fully saturated rings. The van der Waals surface area contributed by atoms with Gasteiger partial charge >= 0.3 is 0 Å². The molecule has 2 aromatic heterocycles. The summed E-state index contributed by atoms with van der Waals surface area (Å²) in [5.41, 5.74) is 6.45. The Labute approximate surface area is 153 Å². The lowest BCUT2D eigenvalue weighted by atomic mass is 10.1. The molecule has 7 heteroatoms. The Morgan fingerprint density at radius 3 is 2.31 bits per heavy atom. The molecule has 0 amide bonds. The van der Waals surface area contributed by atoms with Crippen molar-refractivity contribution in [2.45, 2.75) is 19.4 Å². The number of nitrogens with one attached hydrogen (secondary N) is 1. The van der Waals surface area contributed by atoms with Crippen molar-refractivity contribution >= 4 is 17.6 Å². The highest BCUT2D eigenvalue weighted by Gasteiger charge is 2.17. The number of nitrogens with zero attached hydrogens (tertiary/aromatic N) is 5. The summed E-state index contributed by atoms with van der Waals surface area (Å²) in [5, 5.41) is 3.25. The first kappa shape index (κ1) is 17.8. The van der Waals surface area contributed by atoms with Crippen LogP contribution in [0.1, 0.15) is 13.8 Å². The zero-order valence-electron chi connectivity index (χ0n) is 15.2. The summed E-state index contributed by atoms with van der Waals surface area (Å²) in [6, 6.07) is 13.6. The molecule has 3 N–H and O–H groups in total. The minimum absolute atomic E-state index is 0.285. The van der Waals surface area contributed by atoms with E-state index in [-0.39, 0.29) is 5.54 Å². The van der Waals surface area contributed by atoms with Crippen LogP contribution in [-0.4, -0.2) is 39.1 Å². The van der Waals surface area contributed by atoms with Gasteiger partial charge in [-0.3, -0.25) is 0 Å². The normalized spacial score (nSPS) is 11.2. The average Bonchev–Trinajstić information content (AvgIpc) is 2.68. The summed E-state index contributed by atoms with van der Waals surface area (Å²) < 4.78 is 0. The van der Waals surface area contributed by atoms with E-state index < -0.39 is 0 Å². The molecule has 134 valence electrons. The first-order chi connectivity index (χ1) is 12.5. The molecule has 7 nitrogen and oxygen atoms in total. The molecule has 26 heavy (non-hydrogen) atoms. The Kier molecular flexibility index (Phi) is 5.09. The maximum atomic E-state index is 5.77. The molecule has 0 saturated heterocycles. The molecule has 1 aromatic carbocycles. The van der Waals surface area contributed by atoms with E-state index in [1.165, 1.54) is 0 Å². The van der Waals surface area contributed by atoms with E-state index in [1.54, 1.807) is 12.4 Å². The van der Waals surface area contributed by atoms with E-state index in [4.69, 9.17) is 5.73 Å². The van der Waals surface area contributed by atoms with Gasteiger partial charge in [-0.15, -0.1) is 0 Å². The van der Waals surface area contributed by atoms with Gasteiger partial charge in [0.25, 0.3) is 0 Å². The molecular weight excluding hydrogens is 326 g/mol. The van der Waals surface area contributed by atoms with Gasteiger partial charge in [0.2, 0.25) is 5.95 Å². The minimum Gasteiger partial charge on any atom is -0.348 e. The second-order valence-corrected chi connectivity index (χ2v) is 6.61. The Morgan fingerprint density at radius 2 is 1.62 bits per heavy atom. The van der Waals surface area contributed by atoms with Crippen LogP contribution in [0, 0.1) is 0 Å². The Balaban J connectivity index is 1.87. The van der Waals surface area contributed by atoms with Crippen molar-refractivity contribution in [1.82, 2.24) is 19.9 Å². The standard InChI is InChI=1S/C19H23N7/c1-19(2,13-20)25-18-22-12-10-16(24-18)26(3)15-9-11-21-17(23-15)14-7-5-4-6-8-14/h4-12H,13,20H2,1-3H3,(H,22,24,25). The molecule has 0 bridgehead atoms. The topological polar surface area (TPSA) is 92.9 Å². The maximum Gasteiger partial charge on any atom is 0.225 e. The van der Waals surface area contributed by atoms with Gasteiger partial charge in [-0.25, -0.2) is 15.0 Å². The number of nitrogens with two attached hydrogens (primary N) is 1. The lowest BCUT2D eigenvalue weighted by molar-refractivity contribution is 0.574. The van der Waals surface area contributed by atoms with Crippen molar-refractivity contribution in [3.63, 3.8) is 0 Å². The van der Waals surface area contributed by atoms with Gasteiger partial charge in [-0.05, 0) is 26.0 Å².